The molecule has 0 saturated carbocycles. The van der Waals surface area contributed by atoms with Crippen LogP contribution in [-0.2, 0) is 22.6 Å². The van der Waals surface area contributed by atoms with Crippen molar-refractivity contribution in [2.24, 2.45) is 0 Å². The van der Waals surface area contributed by atoms with Gasteiger partial charge >= 0.3 is 5.97 Å². The molecule has 0 unspecified atom stereocenters. The molecule has 6 heteroatoms. The normalized spacial score (nSPS) is 10.9. The first kappa shape index (κ1) is 18.9. The standard InChI is InChI=1S/C21H26N4O2/c1-2-3-4-8-11-18-14-23-21(25-13-12-22-20(18)25)24-15-19(26)27-16-17-9-6-5-7-10-17/h5-7,9-10,12-14H,2-4,8,11,15-16H2,1H3,(H,23,24). The lowest BCUT2D eigenvalue weighted by atomic mass is 10.1. The molecule has 0 bridgehead atoms. The Morgan fingerprint density at radius 2 is 2.00 bits per heavy atom. The van der Waals surface area contributed by atoms with Gasteiger partial charge < -0.3 is 10.1 Å². The molecule has 142 valence electrons. The predicted octanol–water partition coefficient (Wildman–Crippen LogP) is 4.01. The summed E-state index contributed by atoms with van der Waals surface area (Å²) in [6.45, 7) is 2.54. The number of fused-ring (bicyclic) bond motifs is 1. The molecule has 0 spiro atoms. The van der Waals surface area contributed by atoms with Gasteiger partial charge in [0.15, 0.2) is 0 Å². The molecule has 6 nitrogen and oxygen atoms in total. The molecule has 3 rings (SSSR count). The molecule has 0 aliphatic heterocycles. The summed E-state index contributed by atoms with van der Waals surface area (Å²) in [6.07, 6.45) is 11.3. The summed E-state index contributed by atoms with van der Waals surface area (Å²) in [5.74, 6) is 0.272. The molecule has 1 aromatic carbocycles. The Bertz CT molecular complexity index is 861. The number of rotatable bonds is 10. The second-order valence-electron chi connectivity index (χ2n) is 6.54. The topological polar surface area (TPSA) is 68.5 Å². The fraction of sp³-hybridized carbons (Fsp3) is 0.381. The number of carbonyl (C=O) groups is 1. The minimum Gasteiger partial charge on any atom is -0.460 e. The average Bonchev–Trinajstić information content (AvgIpc) is 3.20. The van der Waals surface area contributed by atoms with Crippen LogP contribution in [0.25, 0.3) is 5.65 Å². The van der Waals surface area contributed by atoms with E-state index >= 15 is 0 Å². The zero-order valence-corrected chi connectivity index (χ0v) is 15.7. The Hall–Kier alpha value is -2.89. The highest BCUT2D eigenvalue weighted by molar-refractivity contribution is 5.74. The van der Waals surface area contributed by atoms with Crippen LogP contribution >= 0.6 is 0 Å². The van der Waals surface area contributed by atoms with Gasteiger partial charge in [0, 0.05) is 24.2 Å². The molecule has 2 heterocycles. The summed E-state index contributed by atoms with van der Waals surface area (Å²) in [4.78, 5) is 20.9. The third kappa shape index (κ3) is 5.29. The fourth-order valence-corrected chi connectivity index (χ4v) is 2.96. The number of aryl methyl sites for hydroxylation is 1. The molecule has 0 saturated heterocycles. The van der Waals surface area contributed by atoms with Crippen molar-refractivity contribution in [3.8, 4) is 0 Å². The van der Waals surface area contributed by atoms with E-state index in [0.29, 0.717) is 5.95 Å². The van der Waals surface area contributed by atoms with Crippen molar-refractivity contribution in [1.29, 1.82) is 0 Å². The number of hydrogen-bond donors (Lipinski definition) is 1. The molecule has 1 N–H and O–H groups in total. The van der Waals surface area contributed by atoms with Crippen LogP contribution in [0.2, 0.25) is 0 Å². The van der Waals surface area contributed by atoms with Gasteiger partial charge in [-0.05, 0) is 18.4 Å². The summed E-state index contributed by atoms with van der Waals surface area (Å²) in [5.41, 5.74) is 2.99. The van der Waals surface area contributed by atoms with E-state index in [1.54, 1.807) is 6.20 Å². The Balaban J connectivity index is 1.55. The average molecular weight is 366 g/mol. The van der Waals surface area contributed by atoms with E-state index in [4.69, 9.17) is 4.74 Å². The number of ether oxygens (including phenoxy) is 1. The van der Waals surface area contributed by atoms with E-state index in [0.717, 1.165) is 29.6 Å². The Kier molecular flexibility index (Phi) is 6.79. The van der Waals surface area contributed by atoms with E-state index in [1.807, 2.05) is 47.1 Å². The molecular formula is C21H26N4O2. The van der Waals surface area contributed by atoms with Gasteiger partial charge in [-0.3, -0.25) is 9.20 Å². The van der Waals surface area contributed by atoms with E-state index in [2.05, 4.69) is 22.2 Å². The van der Waals surface area contributed by atoms with Gasteiger partial charge in [0.1, 0.15) is 18.8 Å². The fourth-order valence-electron chi connectivity index (χ4n) is 2.96. The molecule has 0 aliphatic rings. The Morgan fingerprint density at radius 3 is 2.81 bits per heavy atom. The quantitative estimate of drug-likeness (QED) is 0.434. The van der Waals surface area contributed by atoms with Gasteiger partial charge in [0.05, 0.1) is 0 Å². The van der Waals surface area contributed by atoms with E-state index in [1.165, 1.54) is 19.3 Å². The maximum absolute atomic E-state index is 12.0. The summed E-state index contributed by atoms with van der Waals surface area (Å²) in [5, 5.41) is 3.05. The molecule has 0 fully saturated rings. The smallest absolute Gasteiger partial charge is 0.325 e. The highest BCUT2D eigenvalue weighted by atomic mass is 16.5. The number of benzene rings is 1. The number of nitrogens with one attached hydrogen (secondary N) is 1. The van der Waals surface area contributed by atoms with Crippen LogP contribution in [0.5, 0.6) is 0 Å². The molecule has 2 aromatic heterocycles. The summed E-state index contributed by atoms with van der Waals surface area (Å²) in [6, 6.07) is 9.63. The molecule has 0 radical (unpaired) electrons. The van der Waals surface area contributed by atoms with Crippen molar-refractivity contribution in [3.63, 3.8) is 0 Å². The molecule has 0 aliphatic carbocycles. The zero-order chi connectivity index (χ0) is 18.9. The molecular weight excluding hydrogens is 340 g/mol. The molecule has 27 heavy (non-hydrogen) atoms. The second kappa shape index (κ2) is 9.71. The number of esters is 1. The van der Waals surface area contributed by atoms with Crippen molar-refractivity contribution in [3.05, 3.63) is 60.0 Å². The minimum atomic E-state index is -0.322. The highest BCUT2D eigenvalue weighted by Gasteiger charge is 2.10. The third-order valence-corrected chi connectivity index (χ3v) is 4.43. The van der Waals surface area contributed by atoms with Crippen molar-refractivity contribution >= 4 is 17.6 Å². The van der Waals surface area contributed by atoms with Crippen LogP contribution in [0, 0.1) is 0 Å². The summed E-state index contributed by atoms with van der Waals surface area (Å²) in [7, 11) is 0. The maximum atomic E-state index is 12.0. The summed E-state index contributed by atoms with van der Waals surface area (Å²) >= 11 is 0. The lowest BCUT2D eigenvalue weighted by Gasteiger charge is -2.10. The largest absolute Gasteiger partial charge is 0.460 e. The monoisotopic (exact) mass is 366 g/mol. The lowest BCUT2D eigenvalue weighted by molar-refractivity contribution is -0.142. The Morgan fingerprint density at radius 1 is 1.15 bits per heavy atom. The predicted molar refractivity (Wildman–Crippen MR) is 106 cm³/mol. The van der Waals surface area contributed by atoms with Crippen LogP contribution in [0.15, 0.2) is 48.9 Å². The van der Waals surface area contributed by atoms with Crippen LogP contribution < -0.4 is 5.32 Å². The number of carbonyl (C=O) groups excluding carboxylic acids is 1. The number of hydrogen-bond acceptors (Lipinski definition) is 5. The number of aromatic nitrogens is 3. The number of anilines is 1. The van der Waals surface area contributed by atoms with Gasteiger partial charge in [-0.2, -0.15) is 0 Å². The molecule has 3 aromatic rings. The first-order chi connectivity index (χ1) is 13.3. The van der Waals surface area contributed by atoms with E-state index < -0.39 is 0 Å². The van der Waals surface area contributed by atoms with Crippen molar-refractivity contribution < 1.29 is 9.53 Å². The van der Waals surface area contributed by atoms with Gasteiger partial charge in [0.25, 0.3) is 0 Å². The van der Waals surface area contributed by atoms with E-state index in [9.17, 15) is 4.79 Å². The van der Waals surface area contributed by atoms with Gasteiger partial charge in [-0.1, -0.05) is 56.5 Å². The maximum Gasteiger partial charge on any atom is 0.325 e. The van der Waals surface area contributed by atoms with Crippen molar-refractivity contribution in [1.82, 2.24) is 14.4 Å². The third-order valence-electron chi connectivity index (χ3n) is 4.43. The Labute approximate surface area is 159 Å². The van der Waals surface area contributed by atoms with Crippen molar-refractivity contribution in [2.75, 3.05) is 11.9 Å². The number of imidazole rings is 1. The van der Waals surface area contributed by atoms with E-state index in [-0.39, 0.29) is 19.1 Å². The number of unbranched alkanes of at least 4 members (excludes halogenated alkanes) is 3. The molecule has 0 amide bonds. The first-order valence-corrected chi connectivity index (χ1v) is 9.52. The van der Waals surface area contributed by atoms with Crippen molar-refractivity contribution in [2.45, 2.75) is 45.6 Å². The molecule has 0 atom stereocenters. The second-order valence-corrected chi connectivity index (χ2v) is 6.54. The lowest BCUT2D eigenvalue weighted by Crippen LogP contribution is -2.19. The zero-order valence-electron chi connectivity index (χ0n) is 15.7. The first-order valence-electron chi connectivity index (χ1n) is 9.52. The van der Waals surface area contributed by atoms with Crippen LogP contribution in [0.4, 0.5) is 5.95 Å². The van der Waals surface area contributed by atoms with Gasteiger partial charge in [0.2, 0.25) is 5.95 Å². The SMILES string of the molecule is CCCCCCc1cnc(NCC(=O)OCc2ccccc2)n2ccnc12. The minimum absolute atomic E-state index is 0.0585. The van der Waals surface area contributed by atoms with Gasteiger partial charge in [-0.15, -0.1) is 0 Å². The number of nitrogens with zero attached hydrogens (tertiary/aromatic N) is 3. The summed E-state index contributed by atoms with van der Waals surface area (Å²) < 4.78 is 7.18. The van der Waals surface area contributed by atoms with Crippen LogP contribution in [0.1, 0.15) is 43.7 Å². The van der Waals surface area contributed by atoms with Gasteiger partial charge in [-0.25, -0.2) is 9.97 Å². The highest BCUT2D eigenvalue weighted by Crippen LogP contribution is 2.16. The van der Waals surface area contributed by atoms with Crippen LogP contribution in [0.3, 0.4) is 0 Å². The van der Waals surface area contributed by atoms with Crippen LogP contribution in [-0.4, -0.2) is 26.9 Å².